The van der Waals surface area contributed by atoms with Crippen LogP contribution < -0.4 is 9.47 Å². The van der Waals surface area contributed by atoms with E-state index in [0.717, 1.165) is 17.1 Å². The lowest BCUT2D eigenvalue weighted by Crippen LogP contribution is -1.99. The molecule has 0 aliphatic carbocycles. The average Bonchev–Trinajstić information content (AvgIpc) is 2.62. The topological polar surface area (TPSA) is 18.5 Å². The Kier molecular flexibility index (Phi) is 5.39. The maximum absolute atomic E-state index is 5.94. The van der Waals surface area contributed by atoms with Gasteiger partial charge in [0.2, 0.25) is 0 Å². The van der Waals surface area contributed by atoms with Crippen molar-refractivity contribution >= 4 is 0 Å². The quantitative estimate of drug-likeness (QED) is 0.570. The van der Waals surface area contributed by atoms with Crippen LogP contribution in [0.3, 0.4) is 0 Å². The van der Waals surface area contributed by atoms with Gasteiger partial charge in [0, 0.05) is 0 Å². The first kappa shape index (κ1) is 17.1. The van der Waals surface area contributed by atoms with Crippen molar-refractivity contribution < 1.29 is 9.47 Å². The minimum atomic E-state index is 0.573. The van der Waals surface area contributed by atoms with E-state index in [9.17, 15) is 0 Å². The highest BCUT2D eigenvalue weighted by Gasteiger charge is 2.04. The van der Waals surface area contributed by atoms with Crippen molar-refractivity contribution in [1.82, 2.24) is 0 Å². The normalized spacial score (nSPS) is 10.5. The van der Waals surface area contributed by atoms with Gasteiger partial charge >= 0.3 is 0 Å². The first-order valence-corrected chi connectivity index (χ1v) is 8.57. The van der Waals surface area contributed by atoms with Gasteiger partial charge in [-0.3, -0.25) is 0 Å². The van der Waals surface area contributed by atoms with Gasteiger partial charge in [0.15, 0.2) is 0 Å². The third kappa shape index (κ3) is 4.87. The molecule has 0 aliphatic heterocycles. The molecule has 3 rings (SSSR count). The van der Waals surface area contributed by atoms with E-state index in [2.05, 4.69) is 62.4 Å². The number of hydrogen-bond donors (Lipinski definition) is 0. The van der Waals surface area contributed by atoms with E-state index in [4.69, 9.17) is 9.47 Å². The Labute approximate surface area is 150 Å². The van der Waals surface area contributed by atoms with Gasteiger partial charge in [-0.05, 0) is 55.7 Å². The highest BCUT2D eigenvalue weighted by atomic mass is 16.5. The monoisotopic (exact) mass is 332 g/mol. The van der Waals surface area contributed by atoms with Crippen LogP contribution in [0.25, 0.3) is 0 Å². The summed E-state index contributed by atoms with van der Waals surface area (Å²) in [7, 11) is 0. The maximum Gasteiger partial charge on any atom is 0.122 e. The molecule has 3 aromatic carbocycles. The lowest BCUT2D eigenvalue weighted by molar-refractivity contribution is 0.295. The van der Waals surface area contributed by atoms with Gasteiger partial charge < -0.3 is 9.47 Å². The molecule has 3 aromatic rings. The minimum Gasteiger partial charge on any atom is -0.489 e. The number of hydrogen-bond acceptors (Lipinski definition) is 2. The molecule has 0 aromatic heterocycles. The van der Waals surface area contributed by atoms with Crippen LogP contribution in [0, 0.1) is 20.8 Å². The summed E-state index contributed by atoms with van der Waals surface area (Å²) in [4.78, 5) is 0. The van der Waals surface area contributed by atoms with E-state index in [0.29, 0.717) is 13.2 Å². The second kappa shape index (κ2) is 7.89. The Hall–Kier alpha value is -2.74. The molecule has 0 saturated carbocycles. The number of aryl methyl sites for hydroxylation is 3. The molecular formula is C23H24O2. The summed E-state index contributed by atoms with van der Waals surface area (Å²) < 4.78 is 11.8. The van der Waals surface area contributed by atoms with Gasteiger partial charge in [0.05, 0.1) is 0 Å². The Morgan fingerprint density at radius 2 is 1.12 bits per heavy atom. The molecule has 0 radical (unpaired) electrons. The fourth-order valence-electron chi connectivity index (χ4n) is 2.57. The summed E-state index contributed by atoms with van der Waals surface area (Å²) >= 11 is 0. The molecule has 0 unspecified atom stereocenters. The zero-order chi connectivity index (χ0) is 17.6. The van der Waals surface area contributed by atoms with Crippen LogP contribution in [0.2, 0.25) is 0 Å². The summed E-state index contributed by atoms with van der Waals surface area (Å²) in [6.45, 7) is 7.37. The summed E-state index contributed by atoms with van der Waals surface area (Å²) in [5.74, 6) is 1.75. The van der Waals surface area contributed by atoms with Crippen molar-refractivity contribution in [3.63, 3.8) is 0 Å². The van der Waals surface area contributed by atoms with Gasteiger partial charge in [-0.15, -0.1) is 0 Å². The van der Waals surface area contributed by atoms with Crippen LogP contribution in [0.5, 0.6) is 11.5 Å². The van der Waals surface area contributed by atoms with Crippen molar-refractivity contribution in [3.05, 3.63) is 94.5 Å². The van der Waals surface area contributed by atoms with Crippen LogP contribution in [0.1, 0.15) is 27.8 Å². The molecule has 0 atom stereocenters. The molecule has 2 nitrogen and oxygen atoms in total. The van der Waals surface area contributed by atoms with Gasteiger partial charge in [-0.2, -0.15) is 0 Å². The molecule has 0 aliphatic rings. The van der Waals surface area contributed by atoms with Crippen LogP contribution in [-0.4, -0.2) is 0 Å². The molecule has 0 spiro atoms. The zero-order valence-electron chi connectivity index (χ0n) is 15.1. The van der Waals surface area contributed by atoms with Crippen molar-refractivity contribution in [2.75, 3.05) is 0 Å². The van der Waals surface area contributed by atoms with Crippen molar-refractivity contribution in [3.8, 4) is 11.5 Å². The van der Waals surface area contributed by atoms with Crippen LogP contribution in [-0.2, 0) is 13.2 Å². The Morgan fingerprint density at radius 3 is 1.64 bits per heavy atom. The lowest BCUT2D eigenvalue weighted by atomic mass is 10.1. The molecule has 128 valence electrons. The van der Waals surface area contributed by atoms with Crippen molar-refractivity contribution in [2.24, 2.45) is 0 Å². The Bertz CT molecular complexity index is 818. The second-order valence-corrected chi connectivity index (χ2v) is 6.48. The third-order valence-electron chi connectivity index (χ3n) is 4.19. The largest absolute Gasteiger partial charge is 0.489 e. The summed E-state index contributed by atoms with van der Waals surface area (Å²) in [5.41, 5.74) is 5.94. The van der Waals surface area contributed by atoms with Gasteiger partial charge in [0.1, 0.15) is 24.7 Å². The molecule has 0 heterocycles. The fourth-order valence-corrected chi connectivity index (χ4v) is 2.57. The second-order valence-electron chi connectivity index (χ2n) is 6.48. The molecule has 0 amide bonds. The first-order valence-electron chi connectivity index (χ1n) is 8.57. The standard InChI is InChI=1S/C23H24O2/c1-17-4-8-20(9-5-17)15-24-22-12-13-23(19(3)14-22)25-16-21-10-6-18(2)7-11-21/h4-14H,15-16H2,1-3H3. The van der Waals surface area contributed by atoms with E-state index in [1.807, 2.05) is 25.1 Å². The van der Waals surface area contributed by atoms with E-state index in [1.165, 1.54) is 22.3 Å². The molecule has 0 bridgehead atoms. The average molecular weight is 332 g/mol. The van der Waals surface area contributed by atoms with Crippen LogP contribution in [0.15, 0.2) is 66.7 Å². The van der Waals surface area contributed by atoms with E-state index >= 15 is 0 Å². The minimum absolute atomic E-state index is 0.573. The summed E-state index contributed by atoms with van der Waals surface area (Å²) in [6.07, 6.45) is 0. The van der Waals surface area contributed by atoms with Crippen LogP contribution >= 0.6 is 0 Å². The zero-order valence-corrected chi connectivity index (χ0v) is 15.1. The predicted molar refractivity (Wildman–Crippen MR) is 102 cm³/mol. The van der Waals surface area contributed by atoms with Gasteiger partial charge in [-0.25, -0.2) is 0 Å². The SMILES string of the molecule is Cc1ccc(COc2ccc(OCc3ccc(C)cc3)c(C)c2)cc1. The Balaban J connectivity index is 1.58. The smallest absolute Gasteiger partial charge is 0.122 e. The Morgan fingerprint density at radius 1 is 0.600 bits per heavy atom. The summed E-state index contributed by atoms with van der Waals surface area (Å²) in [6, 6.07) is 22.8. The first-order chi connectivity index (χ1) is 12.1. The highest BCUT2D eigenvalue weighted by molar-refractivity contribution is 5.39. The molecule has 0 saturated heterocycles. The number of ether oxygens (including phenoxy) is 2. The van der Waals surface area contributed by atoms with Crippen molar-refractivity contribution in [2.45, 2.75) is 34.0 Å². The van der Waals surface area contributed by atoms with E-state index in [-0.39, 0.29) is 0 Å². The van der Waals surface area contributed by atoms with Crippen molar-refractivity contribution in [1.29, 1.82) is 0 Å². The number of benzene rings is 3. The highest BCUT2D eigenvalue weighted by Crippen LogP contribution is 2.25. The fraction of sp³-hybridized carbons (Fsp3) is 0.217. The van der Waals surface area contributed by atoms with E-state index in [1.54, 1.807) is 0 Å². The molecular weight excluding hydrogens is 308 g/mol. The van der Waals surface area contributed by atoms with E-state index < -0.39 is 0 Å². The third-order valence-corrected chi connectivity index (χ3v) is 4.19. The maximum atomic E-state index is 5.94. The summed E-state index contributed by atoms with van der Waals surface area (Å²) in [5, 5.41) is 0. The van der Waals surface area contributed by atoms with Gasteiger partial charge in [-0.1, -0.05) is 59.7 Å². The molecule has 2 heteroatoms. The van der Waals surface area contributed by atoms with Gasteiger partial charge in [0.25, 0.3) is 0 Å². The molecule has 0 fully saturated rings. The lowest BCUT2D eigenvalue weighted by Gasteiger charge is -2.12. The number of rotatable bonds is 6. The molecule has 25 heavy (non-hydrogen) atoms. The van der Waals surface area contributed by atoms with Crippen LogP contribution in [0.4, 0.5) is 0 Å². The molecule has 0 N–H and O–H groups in total. The predicted octanol–water partition coefficient (Wildman–Crippen LogP) is 5.77.